The molecule has 4 atom stereocenters. The molecule has 1 saturated heterocycles. The average molecular weight is 455 g/mol. The Kier molecular flexibility index (Phi) is 8.15. The number of carbonyl (C=O) groups is 4. The SMILES string of the molecule is CCCNC(=O)[C@H]1O[C@@H](OC(C)=O)[C@H](OC(=O)c2ccccc2)[C@H]1OC(=O)c1ccccc1. The first-order valence-electron chi connectivity index (χ1n) is 10.5. The van der Waals surface area contributed by atoms with E-state index in [-0.39, 0.29) is 11.1 Å². The molecular weight excluding hydrogens is 430 g/mol. The lowest BCUT2D eigenvalue weighted by Gasteiger charge is -2.23. The topological polar surface area (TPSA) is 117 Å². The molecule has 0 unspecified atom stereocenters. The minimum atomic E-state index is -1.44. The summed E-state index contributed by atoms with van der Waals surface area (Å²) in [6, 6.07) is 16.2. The van der Waals surface area contributed by atoms with Crippen molar-refractivity contribution in [3.8, 4) is 0 Å². The van der Waals surface area contributed by atoms with Crippen LogP contribution in [0, 0.1) is 0 Å². The van der Waals surface area contributed by atoms with Gasteiger partial charge in [-0.15, -0.1) is 0 Å². The lowest BCUT2D eigenvalue weighted by Crippen LogP contribution is -2.46. The van der Waals surface area contributed by atoms with E-state index in [4.69, 9.17) is 18.9 Å². The summed E-state index contributed by atoms with van der Waals surface area (Å²) in [4.78, 5) is 49.9. The van der Waals surface area contributed by atoms with Crippen LogP contribution in [0.3, 0.4) is 0 Å². The van der Waals surface area contributed by atoms with Gasteiger partial charge in [-0.2, -0.15) is 0 Å². The quantitative estimate of drug-likeness (QED) is 0.476. The van der Waals surface area contributed by atoms with Crippen LogP contribution in [0.5, 0.6) is 0 Å². The second-order valence-corrected chi connectivity index (χ2v) is 7.30. The Morgan fingerprint density at radius 3 is 1.82 bits per heavy atom. The Morgan fingerprint density at radius 2 is 1.33 bits per heavy atom. The standard InChI is InChI=1S/C24H25NO8/c1-3-14-25-21(27)19-18(31-22(28)16-10-6-4-7-11-16)20(24(33-19)30-15(2)26)32-23(29)17-12-8-5-9-13-17/h4-13,18-20,24H,3,14H2,1-2H3,(H,25,27)/t18-,19-,20+,24+/m0/s1. The largest absolute Gasteiger partial charge is 0.451 e. The fourth-order valence-electron chi connectivity index (χ4n) is 3.23. The van der Waals surface area contributed by atoms with E-state index in [1.54, 1.807) is 48.5 Å². The summed E-state index contributed by atoms with van der Waals surface area (Å²) in [6.07, 6.45) is -4.87. The van der Waals surface area contributed by atoms with Crippen LogP contribution in [0.4, 0.5) is 0 Å². The van der Waals surface area contributed by atoms with Crippen LogP contribution in [-0.4, -0.2) is 55.0 Å². The second-order valence-electron chi connectivity index (χ2n) is 7.30. The molecule has 1 fully saturated rings. The van der Waals surface area contributed by atoms with Gasteiger partial charge in [-0.1, -0.05) is 43.3 Å². The van der Waals surface area contributed by atoms with Gasteiger partial charge < -0.3 is 24.3 Å². The lowest BCUT2D eigenvalue weighted by molar-refractivity contribution is -0.187. The molecule has 174 valence electrons. The van der Waals surface area contributed by atoms with Gasteiger partial charge in [0, 0.05) is 13.5 Å². The molecule has 1 amide bonds. The summed E-state index contributed by atoms with van der Waals surface area (Å²) in [7, 11) is 0. The van der Waals surface area contributed by atoms with Crippen molar-refractivity contribution in [2.75, 3.05) is 6.54 Å². The molecule has 1 heterocycles. The summed E-state index contributed by atoms with van der Waals surface area (Å²) in [5, 5.41) is 2.66. The molecular formula is C24H25NO8. The predicted molar refractivity (Wildman–Crippen MR) is 115 cm³/mol. The maximum absolute atomic E-state index is 12.8. The van der Waals surface area contributed by atoms with Crippen LogP contribution < -0.4 is 5.32 Å². The molecule has 2 aromatic rings. The van der Waals surface area contributed by atoms with Crippen LogP contribution in [0.15, 0.2) is 60.7 Å². The van der Waals surface area contributed by atoms with Crippen molar-refractivity contribution in [2.24, 2.45) is 0 Å². The molecule has 33 heavy (non-hydrogen) atoms. The van der Waals surface area contributed by atoms with Gasteiger partial charge >= 0.3 is 17.9 Å². The number of hydrogen-bond acceptors (Lipinski definition) is 8. The second kappa shape index (κ2) is 11.2. The number of esters is 3. The number of benzene rings is 2. The molecule has 0 aliphatic carbocycles. The molecule has 0 spiro atoms. The van der Waals surface area contributed by atoms with Crippen LogP contribution >= 0.6 is 0 Å². The number of carbonyl (C=O) groups excluding carboxylic acids is 4. The smallest absolute Gasteiger partial charge is 0.338 e. The average Bonchev–Trinajstić information content (AvgIpc) is 3.14. The summed E-state index contributed by atoms with van der Waals surface area (Å²) >= 11 is 0. The van der Waals surface area contributed by atoms with Crippen molar-refractivity contribution in [1.82, 2.24) is 5.32 Å². The first kappa shape index (κ1) is 23.9. The van der Waals surface area contributed by atoms with Gasteiger partial charge in [0.25, 0.3) is 5.91 Å². The first-order chi connectivity index (χ1) is 15.9. The molecule has 1 N–H and O–H groups in total. The zero-order chi connectivity index (χ0) is 23.8. The molecule has 9 nitrogen and oxygen atoms in total. The number of ether oxygens (including phenoxy) is 4. The Morgan fingerprint density at radius 1 is 0.818 bits per heavy atom. The zero-order valence-corrected chi connectivity index (χ0v) is 18.3. The summed E-state index contributed by atoms with van der Waals surface area (Å²) in [6.45, 7) is 3.37. The van der Waals surface area contributed by atoms with E-state index in [0.717, 1.165) is 6.92 Å². The highest BCUT2D eigenvalue weighted by Gasteiger charge is 2.54. The minimum Gasteiger partial charge on any atom is -0.451 e. The summed E-state index contributed by atoms with van der Waals surface area (Å²) in [5.74, 6) is -2.81. The monoisotopic (exact) mass is 455 g/mol. The van der Waals surface area contributed by atoms with Gasteiger partial charge in [-0.05, 0) is 30.7 Å². The van der Waals surface area contributed by atoms with E-state index in [0.29, 0.717) is 13.0 Å². The third kappa shape index (κ3) is 6.17. The molecule has 0 bridgehead atoms. The van der Waals surface area contributed by atoms with Gasteiger partial charge in [-0.25, -0.2) is 9.59 Å². The zero-order valence-electron chi connectivity index (χ0n) is 18.3. The third-order valence-electron chi connectivity index (χ3n) is 4.77. The first-order valence-corrected chi connectivity index (χ1v) is 10.5. The van der Waals surface area contributed by atoms with Crippen molar-refractivity contribution >= 4 is 23.8 Å². The van der Waals surface area contributed by atoms with E-state index in [1.165, 1.54) is 12.1 Å². The summed E-state index contributed by atoms with van der Waals surface area (Å²) < 4.78 is 21.9. The molecule has 3 rings (SSSR count). The highest BCUT2D eigenvalue weighted by Crippen LogP contribution is 2.30. The van der Waals surface area contributed by atoms with E-state index in [2.05, 4.69) is 5.32 Å². The van der Waals surface area contributed by atoms with Crippen LogP contribution in [0.1, 0.15) is 41.0 Å². The highest BCUT2D eigenvalue weighted by atomic mass is 16.7. The molecule has 2 aromatic carbocycles. The van der Waals surface area contributed by atoms with Gasteiger partial charge in [0.05, 0.1) is 11.1 Å². The van der Waals surface area contributed by atoms with E-state index < -0.39 is 48.4 Å². The molecule has 9 heteroatoms. The number of amides is 1. The maximum atomic E-state index is 12.8. The normalized spacial score (nSPS) is 21.6. The van der Waals surface area contributed by atoms with Crippen molar-refractivity contribution in [1.29, 1.82) is 0 Å². The van der Waals surface area contributed by atoms with Crippen molar-refractivity contribution in [3.05, 3.63) is 71.8 Å². The number of nitrogens with one attached hydrogen (secondary N) is 1. The van der Waals surface area contributed by atoms with E-state index in [1.807, 2.05) is 6.92 Å². The van der Waals surface area contributed by atoms with Crippen molar-refractivity contribution < 1.29 is 38.1 Å². The molecule has 0 aromatic heterocycles. The number of rotatable bonds is 8. The predicted octanol–water partition coefficient (Wildman–Crippen LogP) is 2.25. The van der Waals surface area contributed by atoms with Gasteiger partial charge in [-0.3, -0.25) is 9.59 Å². The Hall–Kier alpha value is -3.72. The molecule has 0 radical (unpaired) electrons. The lowest BCUT2D eigenvalue weighted by atomic mass is 10.1. The van der Waals surface area contributed by atoms with Crippen molar-refractivity contribution in [3.63, 3.8) is 0 Å². The molecule has 1 aliphatic rings. The Bertz CT molecular complexity index is 978. The summed E-state index contributed by atoms with van der Waals surface area (Å²) in [5.41, 5.74) is 0.459. The fourth-order valence-corrected chi connectivity index (χ4v) is 3.23. The molecule has 1 aliphatic heterocycles. The highest BCUT2D eigenvalue weighted by molar-refractivity contribution is 5.91. The maximum Gasteiger partial charge on any atom is 0.338 e. The Balaban J connectivity index is 1.91. The van der Waals surface area contributed by atoms with Gasteiger partial charge in [0.15, 0.2) is 12.2 Å². The fraction of sp³-hybridized carbons (Fsp3) is 0.333. The van der Waals surface area contributed by atoms with Crippen molar-refractivity contribution in [2.45, 2.75) is 44.9 Å². The Labute approximate surface area is 191 Å². The molecule has 0 saturated carbocycles. The van der Waals surface area contributed by atoms with Crippen LogP contribution in [0.2, 0.25) is 0 Å². The van der Waals surface area contributed by atoms with Gasteiger partial charge in [0.2, 0.25) is 12.4 Å². The van der Waals surface area contributed by atoms with E-state index >= 15 is 0 Å². The minimum absolute atomic E-state index is 0.228. The van der Waals surface area contributed by atoms with Gasteiger partial charge in [0.1, 0.15) is 0 Å². The third-order valence-corrected chi connectivity index (χ3v) is 4.77. The number of hydrogen-bond donors (Lipinski definition) is 1. The van der Waals surface area contributed by atoms with E-state index in [9.17, 15) is 19.2 Å². The van der Waals surface area contributed by atoms with Crippen LogP contribution in [0.25, 0.3) is 0 Å². The van der Waals surface area contributed by atoms with Crippen LogP contribution in [-0.2, 0) is 28.5 Å².